The number of allylic oxidation sites excluding steroid dienone is 1. The van der Waals surface area contributed by atoms with Crippen molar-refractivity contribution in [3.63, 3.8) is 0 Å². The molecule has 1 aliphatic rings. The standard InChI is InChI=1S/C34H50N2O2S/c1-4-5-6-7-8-9-10-11-12-13-14-15-24-38-34-22-18-32(19-23-34)27-36(30(3)37)33-20-16-31(17-21-33)26-35-25-29(2)39-28-35/h16-23,25H,4-15,24,26-28H2,1-3H3. The maximum atomic E-state index is 12.4. The van der Waals surface area contributed by atoms with Crippen LogP contribution in [0.25, 0.3) is 0 Å². The van der Waals surface area contributed by atoms with E-state index in [4.69, 9.17) is 4.74 Å². The van der Waals surface area contributed by atoms with Gasteiger partial charge in [0.1, 0.15) is 5.75 Å². The molecule has 214 valence electrons. The smallest absolute Gasteiger partial charge is 0.224 e. The number of carbonyl (C=O) groups excluding carboxylic acids is 1. The number of hydrogen-bond donors (Lipinski definition) is 0. The second kappa shape index (κ2) is 18.0. The number of benzene rings is 2. The van der Waals surface area contributed by atoms with E-state index in [1.54, 1.807) is 6.92 Å². The summed E-state index contributed by atoms with van der Waals surface area (Å²) in [5.41, 5.74) is 3.28. The normalized spacial score (nSPS) is 13.0. The van der Waals surface area contributed by atoms with E-state index in [0.29, 0.717) is 6.54 Å². The first-order valence-electron chi connectivity index (χ1n) is 15.2. The topological polar surface area (TPSA) is 32.8 Å². The van der Waals surface area contributed by atoms with E-state index in [1.807, 2.05) is 28.8 Å². The second-order valence-electron chi connectivity index (χ2n) is 10.9. The Hall–Kier alpha value is -2.40. The zero-order chi connectivity index (χ0) is 27.7. The van der Waals surface area contributed by atoms with Gasteiger partial charge in [0.05, 0.1) is 19.0 Å². The molecule has 0 N–H and O–H groups in total. The zero-order valence-electron chi connectivity index (χ0n) is 24.6. The van der Waals surface area contributed by atoms with Gasteiger partial charge in [0, 0.05) is 25.4 Å². The first kappa shape index (κ1) is 31.1. The highest BCUT2D eigenvalue weighted by Gasteiger charge is 2.14. The SMILES string of the molecule is CCCCCCCCCCCCCCOc1ccc(CN(C(C)=O)c2ccc(CN3C=C(C)SC3)cc2)cc1. The predicted octanol–water partition coefficient (Wildman–Crippen LogP) is 9.69. The summed E-state index contributed by atoms with van der Waals surface area (Å²) in [6.45, 7) is 8.28. The van der Waals surface area contributed by atoms with Crippen LogP contribution in [0.1, 0.15) is 109 Å². The molecule has 0 aromatic heterocycles. The Morgan fingerprint density at radius 1 is 0.821 bits per heavy atom. The van der Waals surface area contributed by atoms with Gasteiger partial charge in [0.25, 0.3) is 0 Å². The lowest BCUT2D eigenvalue weighted by molar-refractivity contribution is -0.116. The number of hydrogen-bond acceptors (Lipinski definition) is 4. The largest absolute Gasteiger partial charge is 0.494 e. The van der Waals surface area contributed by atoms with Crippen LogP contribution >= 0.6 is 11.8 Å². The fourth-order valence-electron chi connectivity index (χ4n) is 5.01. The van der Waals surface area contributed by atoms with Crippen LogP contribution in [-0.4, -0.2) is 23.3 Å². The monoisotopic (exact) mass is 550 g/mol. The number of anilines is 1. The molecule has 0 saturated carbocycles. The van der Waals surface area contributed by atoms with Gasteiger partial charge in [-0.25, -0.2) is 0 Å². The molecule has 1 amide bonds. The minimum absolute atomic E-state index is 0.0459. The molecule has 0 aliphatic carbocycles. The maximum Gasteiger partial charge on any atom is 0.224 e. The van der Waals surface area contributed by atoms with Crippen molar-refractivity contribution in [1.82, 2.24) is 4.90 Å². The number of nitrogens with zero attached hydrogens (tertiary/aromatic N) is 2. The van der Waals surface area contributed by atoms with Gasteiger partial charge in [-0.2, -0.15) is 0 Å². The van der Waals surface area contributed by atoms with Gasteiger partial charge in [-0.3, -0.25) is 4.79 Å². The average Bonchev–Trinajstić information content (AvgIpc) is 3.35. The number of rotatable bonds is 19. The molecule has 0 atom stereocenters. The molecule has 0 radical (unpaired) electrons. The molecule has 2 aromatic rings. The van der Waals surface area contributed by atoms with Crippen molar-refractivity contribution in [2.75, 3.05) is 17.4 Å². The summed E-state index contributed by atoms with van der Waals surface area (Å²) >= 11 is 1.88. The van der Waals surface area contributed by atoms with Crippen LogP contribution in [0.2, 0.25) is 0 Å². The third kappa shape index (κ3) is 12.1. The van der Waals surface area contributed by atoms with Crippen molar-refractivity contribution in [3.8, 4) is 5.75 Å². The van der Waals surface area contributed by atoms with E-state index < -0.39 is 0 Å². The third-order valence-electron chi connectivity index (χ3n) is 7.37. The van der Waals surface area contributed by atoms with E-state index in [2.05, 4.69) is 61.3 Å². The fraction of sp³-hybridized carbons (Fsp3) is 0.559. The molecule has 0 unspecified atom stereocenters. The fourth-order valence-corrected chi connectivity index (χ4v) is 5.77. The maximum absolute atomic E-state index is 12.4. The summed E-state index contributed by atoms with van der Waals surface area (Å²) in [6.07, 6.45) is 18.4. The Labute approximate surface area is 242 Å². The molecule has 1 aliphatic heterocycles. The number of amides is 1. The highest BCUT2D eigenvalue weighted by atomic mass is 32.2. The number of unbranched alkanes of at least 4 members (excludes halogenated alkanes) is 11. The van der Waals surface area contributed by atoms with E-state index in [0.717, 1.165) is 42.4 Å². The van der Waals surface area contributed by atoms with Crippen LogP contribution in [0.4, 0.5) is 5.69 Å². The Morgan fingerprint density at radius 2 is 1.38 bits per heavy atom. The van der Waals surface area contributed by atoms with Crippen molar-refractivity contribution >= 4 is 23.4 Å². The van der Waals surface area contributed by atoms with Gasteiger partial charge >= 0.3 is 0 Å². The van der Waals surface area contributed by atoms with Gasteiger partial charge in [-0.15, -0.1) is 11.8 Å². The van der Waals surface area contributed by atoms with Crippen LogP contribution in [0.5, 0.6) is 5.75 Å². The number of carbonyl (C=O) groups is 1. The Balaban J connectivity index is 1.32. The van der Waals surface area contributed by atoms with Gasteiger partial charge in [-0.1, -0.05) is 102 Å². The van der Waals surface area contributed by atoms with Crippen LogP contribution in [0.3, 0.4) is 0 Å². The summed E-state index contributed by atoms with van der Waals surface area (Å²) < 4.78 is 5.97. The van der Waals surface area contributed by atoms with E-state index in [1.165, 1.54) is 81.1 Å². The summed E-state index contributed by atoms with van der Waals surface area (Å²) in [5.74, 6) is 1.96. The minimum Gasteiger partial charge on any atom is -0.494 e. The molecule has 0 bridgehead atoms. The molecular formula is C34H50N2O2S. The predicted molar refractivity (Wildman–Crippen MR) is 168 cm³/mol. The highest BCUT2D eigenvalue weighted by Crippen LogP contribution is 2.27. The van der Waals surface area contributed by atoms with Crippen molar-refractivity contribution in [2.24, 2.45) is 0 Å². The molecule has 2 aromatic carbocycles. The van der Waals surface area contributed by atoms with Crippen LogP contribution in [0.15, 0.2) is 59.6 Å². The summed E-state index contributed by atoms with van der Waals surface area (Å²) in [6, 6.07) is 16.6. The van der Waals surface area contributed by atoms with Crippen LogP contribution in [-0.2, 0) is 17.9 Å². The first-order chi connectivity index (χ1) is 19.0. The van der Waals surface area contributed by atoms with Gasteiger partial charge in [-0.05, 0) is 53.6 Å². The van der Waals surface area contributed by atoms with Crippen molar-refractivity contribution < 1.29 is 9.53 Å². The van der Waals surface area contributed by atoms with Crippen molar-refractivity contribution in [1.29, 1.82) is 0 Å². The Bertz CT molecular complexity index is 987. The van der Waals surface area contributed by atoms with E-state index >= 15 is 0 Å². The molecule has 0 saturated heterocycles. The molecule has 3 rings (SSSR count). The lowest BCUT2D eigenvalue weighted by atomic mass is 10.1. The highest BCUT2D eigenvalue weighted by molar-refractivity contribution is 8.03. The first-order valence-corrected chi connectivity index (χ1v) is 16.2. The summed E-state index contributed by atoms with van der Waals surface area (Å²) in [5, 5.41) is 0. The molecule has 4 nitrogen and oxygen atoms in total. The van der Waals surface area contributed by atoms with Gasteiger partial charge in [0.2, 0.25) is 5.91 Å². The van der Waals surface area contributed by atoms with Crippen LogP contribution in [0, 0.1) is 0 Å². The van der Waals surface area contributed by atoms with E-state index in [-0.39, 0.29) is 5.91 Å². The molecule has 0 fully saturated rings. The molecule has 39 heavy (non-hydrogen) atoms. The zero-order valence-corrected chi connectivity index (χ0v) is 25.4. The molecule has 0 spiro atoms. The quantitative estimate of drug-likeness (QED) is 0.163. The second-order valence-corrected chi connectivity index (χ2v) is 12.1. The molecular weight excluding hydrogens is 500 g/mol. The van der Waals surface area contributed by atoms with E-state index in [9.17, 15) is 4.79 Å². The lowest BCUT2D eigenvalue weighted by Gasteiger charge is -2.22. The van der Waals surface area contributed by atoms with Gasteiger partial charge < -0.3 is 14.5 Å². The summed E-state index contributed by atoms with van der Waals surface area (Å²) in [4.78, 5) is 18.0. The Morgan fingerprint density at radius 3 is 1.92 bits per heavy atom. The Kier molecular flexibility index (Phi) is 14.4. The lowest BCUT2D eigenvalue weighted by Crippen LogP contribution is -2.27. The van der Waals surface area contributed by atoms with Crippen LogP contribution < -0.4 is 9.64 Å². The van der Waals surface area contributed by atoms with Crippen molar-refractivity contribution in [3.05, 3.63) is 70.8 Å². The molecule has 5 heteroatoms. The molecule has 1 heterocycles. The van der Waals surface area contributed by atoms with Crippen molar-refractivity contribution in [2.45, 2.75) is 111 Å². The number of ether oxygens (including phenoxy) is 1. The third-order valence-corrected chi connectivity index (χ3v) is 8.39. The average molecular weight is 551 g/mol. The summed E-state index contributed by atoms with van der Waals surface area (Å²) in [7, 11) is 0. The van der Waals surface area contributed by atoms with Gasteiger partial charge in [0.15, 0.2) is 0 Å². The minimum atomic E-state index is 0.0459. The number of thioether (sulfide) groups is 1.